The Morgan fingerprint density at radius 1 is 1.05 bits per heavy atom. The third kappa shape index (κ3) is 2.10. The Morgan fingerprint density at radius 2 is 1.62 bits per heavy atom. The molecule has 2 aromatic rings. The van der Waals surface area contributed by atoms with Crippen LogP contribution in [0.2, 0.25) is 0 Å². The molecule has 5 heteroatoms. The fourth-order valence-electron chi connectivity index (χ4n) is 2.44. The lowest BCUT2D eigenvalue weighted by molar-refractivity contribution is -0.119. The molecular weight excluding hydrogens is 282 g/mol. The zero-order chi connectivity index (χ0) is 14.9. The molecule has 1 aliphatic rings. The summed E-state index contributed by atoms with van der Waals surface area (Å²) in [4.78, 5) is 17.9. The maximum absolute atomic E-state index is 13.0. The molecule has 0 aliphatic carbocycles. The van der Waals surface area contributed by atoms with Gasteiger partial charge in [-0.05, 0) is 24.0 Å². The van der Waals surface area contributed by atoms with Gasteiger partial charge in [0.15, 0.2) is 0 Å². The summed E-state index contributed by atoms with van der Waals surface area (Å²) in [6, 6.07) is 18.9. The van der Waals surface area contributed by atoms with E-state index in [1.807, 2.05) is 66.9 Å². The molecule has 0 spiro atoms. The first kappa shape index (κ1) is 13.7. The van der Waals surface area contributed by atoms with Gasteiger partial charge < -0.3 is 5.73 Å². The van der Waals surface area contributed by atoms with Crippen molar-refractivity contribution in [1.29, 1.82) is 0 Å². The number of para-hydroxylation sites is 1. The standard InChI is InChI=1S/C16H15N3OS/c1-21-16(12-8-4-2-5-9-12)14(20)19(15(17)18-16)13-10-6-3-7-11-13/h2-11H,1H3,(H2,17,18). The molecule has 4 nitrogen and oxygen atoms in total. The highest BCUT2D eigenvalue weighted by atomic mass is 32.2. The second-order valence-corrected chi connectivity index (χ2v) is 5.66. The maximum Gasteiger partial charge on any atom is 0.277 e. The first-order valence-corrected chi connectivity index (χ1v) is 7.77. The summed E-state index contributed by atoms with van der Waals surface area (Å²) in [6.45, 7) is 0. The fourth-order valence-corrected chi connectivity index (χ4v) is 3.27. The third-order valence-corrected chi connectivity index (χ3v) is 4.56. The molecule has 2 N–H and O–H groups in total. The van der Waals surface area contributed by atoms with Crippen LogP contribution in [0.4, 0.5) is 5.69 Å². The highest BCUT2D eigenvalue weighted by Gasteiger charge is 2.49. The molecule has 2 aromatic carbocycles. The fraction of sp³-hybridized carbons (Fsp3) is 0.125. The normalized spacial score (nSPS) is 21.5. The summed E-state index contributed by atoms with van der Waals surface area (Å²) in [5.74, 6) is 0.0919. The number of benzene rings is 2. The van der Waals surface area contributed by atoms with Crippen molar-refractivity contribution >= 4 is 29.3 Å². The minimum atomic E-state index is -0.999. The Bertz CT molecular complexity index is 687. The van der Waals surface area contributed by atoms with Crippen LogP contribution in [0.3, 0.4) is 0 Å². The van der Waals surface area contributed by atoms with E-state index in [2.05, 4.69) is 4.99 Å². The van der Waals surface area contributed by atoms with E-state index in [1.54, 1.807) is 0 Å². The summed E-state index contributed by atoms with van der Waals surface area (Å²) < 4.78 is 0. The van der Waals surface area contributed by atoms with Gasteiger partial charge in [-0.15, -0.1) is 11.8 Å². The van der Waals surface area contributed by atoms with Gasteiger partial charge in [0.25, 0.3) is 5.91 Å². The van der Waals surface area contributed by atoms with Gasteiger partial charge in [-0.25, -0.2) is 9.89 Å². The lowest BCUT2D eigenvalue weighted by Gasteiger charge is -2.24. The maximum atomic E-state index is 13.0. The van der Waals surface area contributed by atoms with Gasteiger partial charge in [-0.1, -0.05) is 48.5 Å². The van der Waals surface area contributed by atoms with E-state index in [4.69, 9.17) is 5.73 Å². The Labute approximate surface area is 127 Å². The smallest absolute Gasteiger partial charge is 0.277 e. The Kier molecular flexibility index (Phi) is 3.43. The van der Waals surface area contributed by atoms with Crippen LogP contribution in [0, 0.1) is 0 Å². The van der Waals surface area contributed by atoms with Crippen LogP contribution in [0.15, 0.2) is 65.7 Å². The predicted molar refractivity (Wildman–Crippen MR) is 87.2 cm³/mol. The zero-order valence-corrected chi connectivity index (χ0v) is 12.4. The lowest BCUT2D eigenvalue weighted by Crippen LogP contribution is -2.41. The average Bonchev–Trinajstić information content (AvgIpc) is 2.80. The second kappa shape index (κ2) is 5.26. The molecule has 1 unspecified atom stereocenters. The van der Waals surface area contributed by atoms with E-state index >= 15 is 0 Å². The topological polar surface area (TPSA) is 58.7 Å². The minimum absolute atomic E-state index is 0.134. The molecule has 0 saturated carbocycles. The molecule has 3 rings (SSSR count). The van der Waals surface area contributed by atoms with Crippen molar-refractivity contribution in [2.45, 2.75) is 4.87 Å². The van der Waals surface area contributed by atoms with Gasteiger partial charge in [-0.2, -0.15) is 0 Å². The molecule has 1 heterocycles. The van der Waals surface area contributed by atoms with Crippen LogP contribution in [-0.4, -0.2) is 18.1 Å². The van der Waals surface area contributed by atoms with E-state index in [9.17, 15) is 4.79 Å². The first-order valence-electron chi connectivity index (χ1n) is 6.54. The van der Waals surface area contributed by atoms with E-state index < -0.39 is 4.87 Å². The predicted octanol–water partition coefficient (Wildman–Crippen LogP) is 2.56. The number of hydrogen-bond donors (Lipinski definition) is 1. The molecule has 0 bridgehead atoms. The summed E-state index contributed by atoms with van der Waals surface area (Å²) in [5, 5.41) is 0. The number of aliphatic imine (C=N–C) groups is 1. The van der Waals surface area contributed by atoms with Crippen molar-refractivity contribution in [2.75, 3.05) is 11.2 Å². The van der Waals surface area contributed by atoms with Crippen molar-refractivity contribution in [3.63, 3.8) is 0 Å². The number of thioether (sulfide) groups is 1. The van der Waals surface area contributed by atoms with Crippen LogP contribution in [-0.2, 0) is 9.67 Å². The van der Waals surface area contributed by atoms with Crippen molar-refractivity contribution < 1.29 is 4.79 Å². The molecule has 1 atom stereocenters. The molecule has 0 radical (unpaired) electrons. The number of carbonyl (C=O) groups is 1. The average molecular weight is 297 g/mol. The van der Waals surface area contributed by atoms with Crippen LogP contribution in [0.25, 0.3) is 0 Å². The number of carbonyl (C=O) groups excluding carboxylic acids is 1. The van der Waals surface area contributed by atoms with Gasteiger partial charge in [-0.3, -0.25) is 4.79 Å². The highest BCUT2D eigenvalue weighted by molar-refractivity contribution is 8.00. The molecule has 0 fully saturated rings. The third-order valence-electron chi connectivity index (χ3n) is 3.47. The molecule has 0 saturated heterocycles. The van der Waals surface area contributed by atoms with Gasteiger partial charge in [0.1, 0.15) is 0 Å². The largest absolute Gasteiger partial charge is 0.369 e. The van der Waals surface area contributed by atoms with Crippen LogP contribution in [0.1, 0.15) is 5.56 Å². The van der Waals surface area contributed by atoms with Crippen molar-refractivity contribution in [3.05, 3.63) is 66.2 Å². The summed E-state index contributed by atoms with van der Waals surface area (Å²) in [7, 11) is 0. The number of anilines is 1. The van der Waals surface area contributed by atoms with Gasteiger partial charge >= 0.3 is 0 Å². The van der Waals surface area contributed by atoms with Crippen LogP contribution in [0.5, 0.6) is 0 Å². The lowest BCUT2D eigenvalue weighted by atomic mass is 10.1. The molecule has 1 aliphatic heterocycles. The molecule has 21 heavy (non-hydrogen) atoms. The quantitative estimate of drug-likeness (QED) is 0.947. The van der Waals surface area contributed by atoms with Crippen molar-refractivity contribution in [1.82, 2.24) is 0 Å². The monoisotopic (exact) mass is 297 g/mol. The van der Waals surface area contributed by atoms with Crippen molar-refractivity contribution in [3.8, 4) is 0 Å². The van der Waals surface area contributed by atoms with Gasteiger partial charge in [0.05, 0.1) is 5.69 Å². The first-order chi connectivity index (χ1) is 10.2. The zero-order valence-electron chi connectivity index (χ0n) is 11.6. The minimum Gasteiger partial charge on any atom is -0.369 e. The molecule has 0 aromatic heterocycles. The number of nitrogens with two attached hydrogens (primary N) is 1. The van der Waals surface area contributed by atoms with Gasteiger partial charge in [0, 0.05) is 0 Å². The van der Waals surface area contributed by atoms with Crippen molar-refractivity contribution in [2.24, 2.45) is 10.7 Å². The number of amides is 1. The van der Waals surface area contributed by atoms with E-state index in [0.29, 0.717) is 0 Å². The Hall–Kier alpha value is -2.27. The van der Waals surface area contributed by atoms with Gasteiger partial charge in [0.2, 0.25) is 10.8 Å². The van der Waals surface area contributed by atoms with Crippen LogP contribution >= 0.6 is 11.8 Å². The summed E-state index contributed by atoms with van der Waals surface area (Å²) in [6.07, 6.45) is 1.87. The SMILES string of the molecule is CSC1(c2ccccc2)N=C(N)N(c2ccccc2)C1=O. The molecule has 1 amide bonds. The molecular formula is C16H15N3OS. The molecule has 106 valence electrons. The van der Waals surface area contributed by atoms with E-state index in [-0.39, 0.29) is 11.9 Å². The number of rotatable bonds is 3. The van der Waals surface area contributed by atoms with E-state index in [0.717, 1.165) is 11.3 Å². The highest BCUT2D eigenvalue weighted by Crippen LogP contribution is 2.42. The Morgan fingerprint density at radius 3 is 2.19 bits per heavy atom. The number of hydrogen-bond acceptors (Lipinski definition) is 4. The number of nitrogens with zero attached hydrogens (tertiary/aromatic N) is 2. The number of guanidine groups is 1. The summed E-state index contributed by atoms with van der Waals surface area (Å²) in [5.41, 5.74) is 7.60. The van der Waals surface area contributed by atoms with E-state index in [1.165, 1.54) is 16.7 Å². The second-order valence-electron chi connectivity index (χ2n) is 4.66. The summed E-state index contributed by atoms with van der Waals surface area (Å²) >= 11 is 1.38. The van der Waals surface area contributed by atoms with Crippen LogP contribution < -0.4 is 10.6 Å². The Balaban J connectivity index is 2.09.